The van der Waals surface area contributed by atoms with Gasteiger partial charge in [0.25, 0.3) is 0 Å². The third kappa shape index (κ3) is 3.68. The molecule has 21 heavy (non-hydrogen) atoms. The number of thiocarbonyl (C=S) groups is 1. The molecule has 0 aliphatic rings. The van der Waals surface area contributed by atoms with Gasteiger partial charge in [-0.15, -0.1) is 0 Å². The Morgan fingerprint density at radius 2 is 2.10 bits per heavy atom. The molecule has 4 nitrogen and oxygen atoms in total. The number of benzene rings is 1. The average molecular weight is 340 g/mol. The summed E-state index contributed by atoms with van der Waals surface area (Å²) < 4.78 is 27.6. The van der Waals surface area contributed by atoms with Crippen LogP contribution in [-0.2, 0) is 10.0 Å². The van der Waals surface area contributed by atoms with E-state index in [0.29, 0.717) is 11.1 Å². The minimum absolute atomic E-state index is 0.240. The Balaban J connectivity index is 2.29. The molecule has 1 atom stereocenters. The highest BCUT2D eigenvalue weighted by Crippen LogP contribution is 2.21. The molecule has 1 aromatic heterocycles. The molecule has 112 valence electrons. The van der Waals surface area contributed by atoms with Crippen LogP contribution in [0.5, 0.6) is 0 Å². The van der Waals surface area contributed by atoms with Gasteiger partial charge in [-0.3, -0.25) is 0 Å². The summed E-state index contributed by atoms with van der Waals surface area (Å²) >= 11 is 6.43. The number of sulfonamides is 1. The zero-order chi connectivity index (χ0) is 15.6. The molecule has 0 amide bonds. The molecule has 2 rings (SSSR count). The zero-order valence-electron chi connectivity index (χ0n) is 11.7. The molecule has 7 heteroatoms. The molecule has 0 spiro atoms. The van der Waals surface area contributed by atoms with Crippen molar-refractivity contribution in [1.29, 1.82) is 0 Å². The van der Waals surface area contributed by atoms with Crippen LogP contribution in [0.2, 0.25) is 0 Å². The van der Waals surface area contributed by atoms with Crippen molar-refractivity contribution < 1.29 is 8.42 Å². The summed E-state index contributed by atoms with van der Waals surface area (Å²) in [6.07, 6.45) is 0. The van der Waals surface area contributed by atoms with Crippen molar-refractivity contribution in [2.75, 3.05) is 0 Å². The van der Waals surface area contributed by atoms with E-state index in [0.717, 1.165) is 5.56 Å². The van der Waals surface area contributed by atoms with E-state index in [-0.39, 0.29) is 15.9 Å². The fraction of sp³-hybridized carbons (Fsp3) is 0.214. The van der Waals surface area contributed by atoms with Crippen molar-refractivity contribution >= 4 is 38.6 Å². The summed E-state index contributed by atoms with van der Waals surface area (Å²) in [5.74, 6) is 0. The first-order chi connectivity index (χ1) is 9.81. The van der Waals surface area contributed by atoms with E-state index in [1.54, 1.807) is 19.1 Å². The highest BCUT2D eigenvalue weighted by molar-refractivity contribution is 7.89. The van der Waals surface area contributed by atoms with E-state index in [1.165, 1.54) is 17.4 Å². The van der Waals surface area contributed by atoms with Gasteiger partial charge >= 0.3 is 0 Å². The molecule has 0 bridgehead atoms. The molecule has 2 aromatic rings. The topological polar surface area (TPSA) is 72.2 Å². The smallest absolute Gasteiger partial charge is 0.241 e. The maximum atomic E-state index is 12.5. The number of nitrogens with one attached hydrogen (secondary N) is 1. The summed E-state index contributed by atoms with van der Waals surface area (Å²) in [4.78, 5) is 0.492. The van der Waals surface area contributed by atoms with Gasteiger partial charge in [0.2, 0.25) is 10.0 Å². The number of hydrogen-bond donors (Lipinski definition) is 2. The molecule has 0 aliphatic heterocycles. The first kappa shape index (κ1) is 16.1. The quantitative estimate of drug-likeness (QED) is 0.821. The van der Waals surface area contributed by atoms with E-state index in [9.17, 15) is 8.42 Å². The Bertz CT molecular complexity index is 753. The third-order valence-electron chi connectivity index (χ3n) is 3.12. The largest absolute Gasteiger partial charge is 0.389 e. The van der Waals surface area contributed by atoms with Gasteiger partial charge in [-0.05, 0) is 53.9 Å². The highest BCUT2D eigenvalue weighted by Gasteiger charge is 2.20. The Labute approximate surface area is 134 Å². The fourth-order valence-corrected chi connectivity index (χ4v) is 4.33. The molecule has 1 heterocycles. The van der Waals surface area contributed by atoms with Crippen molar-refractivity contribution in [1.82, 2.24) is 4.72 Å². The van der Waals surface area contributed by atoms with Crippen LogP contribution in [0.1, 0.15) is 29.7 Å². The summed E-state index contributed by atoms with van der Waals surface area (Å²) in [7, 11) is -3.59. The Hall–Kier alpha value is -1.28. The number of rotatable bonds is 5. The predicted octanol–water partition coefficient (Wildman–Crippen LogP) is 2.73. The first-order valence-corrected chi connectivity index (χ1v) is 9.09. The van der Waals surface area contributed by atoms with Crippen LogP contribution in [0, 0.1) is 6.92 Å². The maximum Gasteiger partial charge on any atom is 0.241 e. The van der Waals surface area contributed by atoms with Gasteiger partial charge in [0, 0.05) is 11.6 Å². The molecular weight excluding hydrogens is 324 g/mol. The lowest BCUT2D eigenvalue weighted by molar-refractivity contribution is 0.566. The number of aryl methyl sites for hydroxylation is 1. The van der Waals surface area contributed by atoms with Crippen LogP contribution < -0.4 is 10.5 Å². The van der Waals surface area contributed by atoms with Crippen molar-refractivity contribution in [3.63, 3.8) is 0 Å². The molecule has 0 aliphatic carbocycles. The number of hydrogen-bond acceptors (Lipinski definition) is 4. The SMILES string of the molecule is Cc1cc(C(N)=S)ccc1S(=O)(=O)NC(C)c1ccsc1. The van der Waals surface area contributed by atoms with Crippen LogP contribution in [0.3, 0.4) is 0 Å². The standard InChI is InChI=1S/C14H16N2O2S3/c1-9-7-11(14(15)19)3-4-13(9)21(17,18)16-10(2)12-5-6-20-8-12/h3-8,10,16H,1-2H3,(H2,15,19). The normalized spacial score (nSPS) is 13.0. The molecule has 0 radical (unpaired) electrons. The lowest BCUT2D eigenvalue weighted by Crippen LogP contribution is -2.27. The molecule has 1 unspecified atom stereocenters. The van der Waals surface area contributed by atoms with E-state index in [1.807, 2.05) is 23.8 Å². The van der Waals surface area contributed by atoms with E-state index in [2.05, 4.69) is 4.72 Å². The average Bonchev–Trinajstić information content (AvgIpc) is 2.91. The number of nitrogens with two attached hydrogens (primary N) is 1. The Kier molecular flexibility index (Phi) is 4.77. The zero-order valence-corrected chi connectivity index (χ0v) is 14.1. The van der Waals surface area contributed by atoms with Crippen molar-refractivity contribution in [2.24, 2.45) is 5.73 Å². The molecule has 3 N–H and O–H groups in total. The maximum absolute atomic E-state index is 12.5. The van der Waals surface area contributed by atoms with Crippen molar-refractivity contribution in [3.05, 3.63) is 51.7 Å². The molecule has 0 saturated carbocycles. The Morgan fingerprint density at radius 3 is 2.62 bits per heavy atom. The lowest BCUT2D eigenvalue weighted by Gasteiger charge is -2.15. The monoisotopic (exact) mass is 340 g/mol. The molecule has 0 saturated heterocycles. The van der Waals surface area contributed by atoms with Crippen LogP contribution in [0.15, 0.2) is 39.9 Å². The summed E-state index contributed by atoms with van der Waals surface area (Å²) in [6, 6.07) is 6.47. The predicted molar refractivity (Wildman–Crippen MR) is 90.1 cm³/mol. The fourth-order valence-electron chi connectivity index (χ4n) is 1.99. The van der Waals surface area contributed by atoms with Crippen LogP contribution >= 0.6 is 23.6 Å². The van der Waals surface area contributed by atoms with Crippen LogP contribution in [0.25, 0.3) is 0 Å². The van der Waals surface area contributed by atoms with Gasteiger partial charge in [0.15, 0.2) is 0 Å². The van der Waals surface area contributed by atoms with Gasteiger partial charge in [-0.1, -0.05) is 18.3 Å². The van der Waals surface area contributed by atoms with Crippen LogP contribution in [-0.4, -0.2) is 13.4 Å². The second kappa shape index (κ2) is 6.23. The molecular formula is C14H16N2O2S3. The van der Waals surface area contributed by atoms with E-state index in [4.69, 9.17) is 18.0 Å². The summed E-state index contributed by atoms with van der Waals surface area (Å²) in [5.41, 5.74) is 7.78. The summed E-state index contributed by atoms with van der Waals surface area (Å²) in [6.45, 7) is 3.55. The molecule has 0 fully saturated rings. The van der Waals surface area contributed by atoms with E-state index >= 15 is 0 Å². The van der Waals surface area contributed by atoms with Gasteiger partial charge in [0.1, 0.15) is 4.99 Å². The van der Waals surface area contributed by atoms with Crippen LogP contribution in [0.4, 0.5) is 0 Å². The Morgan fingerprint density at radius 1 is 1.38 bits per heavy atom. The van der Waals surface area contributed by atoms with Gasteiger partial charge in [-0.2, -0.15) is 11.3 Å². The van der Waals surface area contributed by atoms with Gasteiger partial charge in [0.05, 0.1) is 4.90 Å². The first-order valence-electron chi connectivity index (χ1n) is 6.26. The molecule has 1 aromatic carbocycles. The summed E-state index contributed by atoms with van der Waals surface area (Å²) in [5, 5.41) is 3.85. The van der Waals surface area contributed by atoms with E-state index < -0.39 is 10.0 Å². The second-order valence-electron chi connectivity index (χ2n) is 4.74. The minimum atomic E-state index is -3.59. The minimum Gasteiger partial charge on any atom is -0.389 e. The highest BCUT2D eigenvalue weighted by atomic mass is 32.2. The van der Waals surface area contributed by atoms with Crippen molar-refractivity contribution in [2.45, 2.75) is 24.8 Å². The van der Waals surface area contributed by atoms with Gasteiger partial charge < -0.3 is 5.73 Å². The lowest BCUT2D eigenvalue weighted by atomic mass is 10.1. The number of thiophene rings is 1. The van der Waals surface area contributed by atoms with Gasteiger partial charge in [-0.25, -0.2) is 13.1 Å². The second-order valence-corrected chi connectivity index (χ2v) is 7.65. The third-order valence-corrected chi connectivity index (χ3v) is 5.76. The van der Waals surface area contributed by atoms with Crippen molar-refractivity contribution in [3.8, 4) is 0 Å².